The smallest absolute Gasteiger partial charge is 0.0145 e. The van der Waals surface area contributed by atoms with Gasteiger partial charge in [0, 0.05) is 32.2 Å². The predicted molar refractivity (Wildman–Crippen MR) is 63.8 cm³/mol. The van der Waals surface area contributed by atoms with E-state index in [1.165, 1.54) is 45.6 Å². The lowest BCUT2D eigenvalue weighted by atomic mass is 9.80. The molecule has 2 N–H and O–H groups in total. The second kappa shape index (κ2) is 4.81. The third kappa shape index (κ3) is 2.52. The van der Waals surface area contributed by atoms with Crippen molar-refractivity contribution in [1.29, 1.82) is 0 Å². The van der Waals surface area contributed by atoms with E-state index in [9.17, 15) is 0 Å². The summed E-state index contributed by atoms with van der Waals surface area (Å²) in [5.74, 6) is 1.42. The highest BCUT2D eigenvalue weighted by molar-refractivity contribution is 4.95. The first-order chi connectivity index (χ1) is 7.20. The van der Waals surface area contributed by atoms with Crippen molar-refractivity contribution >= 4 is 0 Å². The Morgan fingerprint density at radius 1 is 1.13 bits per heavy atom. The zero-order valence-electron chi connectivity index (χ0n) is 10.2. The normalized spacial score (nSPS) is 38.2. The third-order valence-corrected chi connectivity index (χ3v) is 3.99. The van der Waals surface area contributed by atoms with Gasteiger partial charge in [0.1, 0.15) is 0 Å². The highest BCUT2D eigenvalue weighted by atomic mass is 15.2. The van der Waals surface area contributed by atoms with Crippen LogP contribution in [0.25, 0.3) is 0 Å². The molecule has 88 valence electrons. The maximum atomic E-state index is 6.28. The minimum atomic E-state index is 0.457. The van der Waals surface area contributed by atoms with Crippen LogP contribution in [-0.4, -0.2) is 55.6 Å². The fourth-order valence-corrected chi connectivity index (χ4v) is 3.16. The van der Waals surface area contributed by atoms with E-state index < -0.39 is 0 Å². The minimum absolute atomic E-state index is 0.457. The van der Waals surface area contributed by atoms with Gasteiger partial charge in [-0.1, -0.05) is 13.3 Å². The molecular formula is C12H25N3. The summed E-state index contributed by atoms with van der Waals surface area (Å²) in [5, 5.41) is 0. The number of fused-ring (bicyclic) bond motifs is 2. The lowest BCUT2D eigenvalue weighted by Gasteiger charge is -2.48. The summed E-state index contributed by atoms with van der Waals surface area (Å²) in [6.45, 7) is 8.38. The second-order valence-electron chi connectivity index (χ2n) is 5.43. The summed E-state index contributed by atoms with van der Waals surface area (Å²) in [5.41, 5.74) is 6.28. The van der Waals surface area contributed by atoms with E-state index in [4.69, 9.17) is 5.73 Å². The summed E-state index contributed by atoms with van der Waals surface area (Å²) < 4.78 is 0. The molecule has 2 aliphatic heterocycles. The van der Waals surface area contributed by atoms with Crippen LogP contribution >= 0.6 is 0 Å². The maximum Gasteiger partial charge on any atom is 0.0145 e. The van der Waals surface area contributed by atoms with Crippen LogP contribution in [-0.2, 0) is 0 Å². The first kappa shape index (κ1) is 11.4. The molecule has 0 aromatic rings. The Bertz CT molecular complexity index is 191. The van der Waals surface area contributed by atoms with Crippen molar-refractivity contribution in [2.45, 2.75) is 25.8 Å². The molecule has 0 radical (unpaired) electrons. The van der Waals surface area contributed by atoms with Gasteiger partial charge >= 0.3 is 0 Å². The van der Waals surface area contributed by atoms with Gasteiger partial charge in [0.15, 0.2) is 0 Å². The van der Waals surface area contributed by atoms with Crippen molar-refractivity contribution < 1.29 is 0 Å². The molecule has 3 nitrogen and oxygen atoms in total. The Labute approximate surface area is 93.6 Å². The molecule has 2 atom stereocenters. The molecule has 2 saturated heterocycles. The van der Waals surface area contributed by atoms with E-state index >= 15 is 0 Å². The van der Waals surface area contributed by atoms with Crippen LogP contribution in [0.1, 0.15) is 19.8 Å². The van der Waals surface area contributed by atoms with Gasteiger partial charge in [0.25, 0.3) is 0 Å². The molecule has 3 heteroatoms. The Morgan fingerprint density at radius 3 is 2.27 bits per heavy atom. The molecule has 2 unspecified atom stereocenters. The number of unbranched alkanes of at least 4 members (excludes halogenated alkanes) is 1. The average Bonchev–Trinajstić information content (AvgIpc) is 2.18. The van der Waals surface area contributed by atoms with E-state index in [0.717, 1.165) is 0 Å². The monoisotopic (exact) mass is 211 g/mol. The van der Waals surface area contributed by atoms with Gasteiger partial charge in [-0.3, -0.25) is 0 Å². The van der Waals surface area contributed by atoms with Crippen LogP contribution in [0.15, 0.2) is 0 Å². The second-order valence-corrected chi connectivity index (χ2v) is 5.43. The van der Waals surface area contributed by atoms with Gasteiger partial charge in [0.05, 0.1) is 0 Å². The van der Waals surface area contributed by atoms with E-state index in [1.54, 1.807) is 0 Å². The lowest BCUT2D eigenvalue weighted by Crippen LogP contribution is -2.62. The quantitative estimate of drug-likeness (QED) is 0.742. The Balaban J connectivity index is 1.91. The van der Waals surface area contributed by atoms with E-state index in [0.29, 0.717) is 17.9 Å². The zero-order chi connectivity index (χ0) is 10.8. The van der Waals surface area contributed by atoms with Gasteiger partial charge in [0.2, 0.25) is 0 Å². The molecule has 0 amide bonds. The molecule has 0 aromatic carbocycles. The van der Waals surface area contributed by atoms with Crippen LogP contribution in [0.5, 0.6) is 0 Å². The summed E-state index contributed by atoms with van der Waals surface area (Å²) in [6, 6.07) is 0.457. The summed E-state index contributed by atoms with van der Waals surface area (Å²) in [7, 11) is 2.23. The molecule has 2 rings (SSSR count). The molecule has 2 fully saturated rings. The number of nitrogens with two attached hydrogens (primary N) is 1. The van der Waals surface area contributed by atoms with Crippen LogP contribution in [0, 0.1) is 11.8 Å². The number of rotatable bonds is 3. The Hall–Kier alpha value is -0.120. The molecule has 2 heterocycles. The molecule has 2 aliphatic rings. The van der Waals surface area contributed by atoms with Gasteiger partial charge in [-0.05, 0) is 31.8 Å². The van der Waals surface area contributed by atoms with Gasteiger partial charge in [-0.2, -0.15) is 0 Å². The van der Waals surface area contributed by atoms with E-state index in [2.05, 4.69) is 23.8 Å². The van der Waals surface area contributed by atoms with E-state index in [-0.39, 0.29) is 0 Å². The van der Waals surface area contributed by atoms with Crippen molar-refractivity contribution in [1.82, 2.24) is 9.80 Å². The van der Waals surface area contributed by atoms with Crippen molar-refractivity contribution in [3.8, 4) is 0 Å². The summed E-state index contributed by atoms with van der Waals surface area (Å²) >= 11 is 0. The molecule has 0 aliphatic carbocycles. The van der Waals surface area contributed by atoms with Gasteiger partial charge < -0.3 is 15.5 Å². The SMILES string of the molecule is CCCCN1CC2CN(C)CC(C1)C2N. The fourth-order valence-electron chi connectivity index (χ4n) is 3.16. The highest BCUT2D eigenvalue weighted by Gasteiger charge is 2.38. The molecule has 0 spiro atoms. The average molecular weight is 211 g/mol. The fraction of sp³-hybridized carbons (Fsp3) is 1.00. The van der Waals surface area contributed by atoms with Crippen molar-refractivity contribution in [3.05, 3.63) is 0 Å². The molecule has 2 bridgehead atoms. The van der Waals surface area contributed by atoms with Crippen molar-refractivity contribution in [2.75, 3.05) is 39.8 Å². The number of piperidine rings is 2. The number of nitrogens with zero attached hydrogens (tertiary/aromatic N) is 2. The Morgan fingerprint density at radius 2 is 1.73 bits per heavy atom. The van der Waals surface area contributed by atoms with Crippen LogP contribution in [0.3, 0.4) is 0 Å². The van der Waals surface area contributed by atoms with Gasteiger partial charge in [-0.15, -0.1) is 0 Å². The zero-order valence-corrected chi connectivity index (χ0v) is 10.2. The molecular weight excluding hydrogens is 186 g/mol. The van der Waals surface area contributed by atoms with E-state index in [1.807, 2.05) is 0 Å². The van der Waals surface area contributed by atoms with Crippen LogP contribution < -0.4 is 5.73 Å². The maximum absolute atomic E-state index is 6.28. The first-order valence-electron chi connectivity index (χ1n) is 6.37. The first-order valence-corrected chi connectivity index (χ1v) is 6.37. The predicted octanol–water partition coefficient (Wildman–Crippen LogP) is 0.607. The minimum Gasteiger partial charge on any atom is -0.327 e. The third-order valence-electron chi connectivity index (χ3n) is 3.99. The topological polar surface area (TPSA) is 32.5 Å². The Kier molecular flexibility index (Phi) is 3.65. The van der Waals surface area contributed by atoms with Crippen molar-refractivity contribution in [2.24, 2.45) is 17.6 Å². The largest absolute Gasteiger partial charge is 0.327 e. The van der Waals surface area contributed by atoms with Gasteiger partial charge in [-0.25, -0.2) is 0 Å². The number of likely N-dealkylation sites (tertiary alicyclic amines) is 2. The van der Waals surface area contributed by atoms with Crippen molar-refractivity contribution in [3.63, 3.8) is 0 Å². The molecule has 15 heavy (non-hydrogen) atoms. The van der Waals surface area contributed by atoms with Crippen LogP contribution in [0.4, 0.5) is 0 Å². The molecule has 0 aromatic heterocycles. The lowest BCUT2D eigenvalue weighted by molar-refractivity contribution is 0.0234. The summed E-state index contributed by atoms with van der Waals surface area (Å²) in [4.78, 5) is 5.09. The summed E-state index contributed by atoms with van der Waals surface area (Å²) in [6.07, 6.45) is 2.64. The molecule has 0 saturated carbocycles. The number of hydrogen-bond acceptors (Lipinski definition) is 3. The number of hydrogen-bond donors (Lipinski definition) is 1. The standard InChI is InChI=1S/C12H25N3/c1-3-4-5-15-8-10-6-14(2)7-11(9-15)12(10)13/h10-12H,3-9,13H2,1-2H3. The highest BCUT2D eigenvalue weighted by Crippen LogP contribution is 2.27. The van der Waals surface area contributed by atoms with Crippen LogP contribution in [0.2, 0.25) is 0 Å².